The van der Waals surface area contributed by atoms with Gasteiger partial charge in [-0.2, -0.15) is 0 Å². The van der Waals surface area contributed by atoms with Gasteiger partial charge in [0, 0.05) is 6.54 Å². The molecule has 8 nitrogen and oxygen atoms in total. The van der Waals surface area contributed by atoms with Crippen LogP contribution in [0, 0.1) is 5.92 Å². The molecule has 8 heteroatoms. The van der Waals surface area contributed by atoms with Crippen molar-refractivity contribution in [3.05, 3.63) is 11.9 Å². The number of imide groups is 1. The molecule has 0 atom stereocenters. The molecule has 0 aliphatic rings. The highest BCUT2D eigenvalue weighted by Gasteiger charge is 2.07. The number of hydrogen-bond donors (Lipinski definition) is 3. The quantitative estimate of drug-likeness (QED) is 0.616. The summed E-state index contributed by atoms with van der Waals surface area (Å²) >= 11 is 0. The number of hydrogen-bond acceptors (Lipinski definition) is 5. The Labute approximate surface area is 105 Å². The van der Waals surface area contributed by atoms with Crippen LogP contribution in [0.4, 0.5) is 4.79 Å². The third-order valence-corrected chi connectivity index (χ3v) is 2.01. The van der Waals surface area contributed by atoms with E-state index in [4.69, 9.17) is 5.73 Å². The Kier molecular flexibility index (Phi) is 5.25. The number of urea groups is 1. The minimum Gasteiger partial charge on any atom is -0.351 e. The standard InChI is InChI=1S/C10H18N6O2/c1-7(2)3-12-4-8-5-16(15-14-8)6-9(17)13-10(11)18/h5,7,12H,3-4,6H2,1-2H3,(H3,11,13,17,18). The summed E-state index contributed by atoms with van der Waals surface area (Å²) in [5.74, 6) is 0.0375. The molecule has 100 valence electrons. The van der Waals surface area contributed by atoms with E-state index in [0.717, 1.165) is 12.2 Å². The summed E-state index contributed by atoms with van der Waals surface area (Å²) in [5, 5.41) is 12.8. The third-order valence-electron chi connectivity index (χ3n) is 2.01. The van der Waals surface area contributed by atoms with Crippen LogP contribution in [0.1, 0.15) is 19.5 Å². The van der Waals surface area contributed by atoms with E-state index in [-0.39, 0.29) is 6.54 Å². The number of carbonyl (C=O) groups is 2. The predicted molar refractivity (Wildman–Crippen MR) is 64.3 cm³/mol. The molecule has 0 radical (unpaired) electrons. The summed E-state index contributed by atoms with van der Waals surface area (Å²) in [6, 6.07) is -0.876. The number of aromatic nitrogens is 3. The SMILES string of the molecule is CC(C)CNCc1cn(CC(=O)NC(N)=O)nn1. The Bertz CT molecular complexity index is 414. The highest BCUT2D eigenvalue weighted by atomic mass is 16.2. The zero-order valence-electron chi connectivity index (χ0n) is 10.5. The van der Waals surface area contributed by atoms with E-state index in [2.05, 4.69) is 29.5 Å². The average Bonchev–Trinajstić information content (AvgIpc) is 2.63. The lowest BCUT2D eigenvalue weighted by atomic mass is 10.2. The van der Waals surface area contributed by atoms with Crippen molar-refractivity contribution in [2.45, 2.75) is 26.9 Å². The van der Waals surface area contributed by atoms with Gasteiger partial charge in [0.2, 0.25) is 5.91 Å². The summed E-state index contributed by atoms with van der Waals surface area (Å²) in [7, 11) is 0. The molecular weight excluding hydrogens is 236 g/mol. The third kappa shape index (κ3) is 5.39. The van der Waals surface area contributed by atoms with Gasteiger partial charge in [0.25, 0.3) is 0 Å². The van der Waals surface area contributed by atoms with Gasteiger partial charge in [-0.1, -0.05) is 19.1 Å². The second-order valence-corrected chi connectivity index (χ2v) is 4.34. The van der Waals surface area contributed by atoms with Crippen molar-refractivity contribution in [1.29, 1.82) is 0 Å². The van der Waals surface area contributed by atoms with Crippen LogP contribution < -0.4 is 16.4 Å². The molecule has 0 fully saturated rings. The van der Waals surface area contributed by atoms with Gasteiger partial charge in [0.05, 0.1) is 11.9 Å². The summed E-state index contributed by atoms with van der Waals surface area (Å²) in [4.78, 5) is 21.7. The van der Waals surface area contributed by atoms with Crippen LogP contribution in [-0.2, 0) is 17.9 Å². The number of carbonyl (C=O) groups excluding carboxylic acids is 2. The molecule has 18 heavy (non-hydrogen) atoms. The van der Waals surface area contributed by atoms with Gasteiger partial charge in [-0.15, -0.1) is 5.10 Å². The molecule has 0 unspecified atom stereocenters. The number of nitrogens with two attached hydrogens (primary N) is 1. The van der Waals surface area contributed by atoms with E-state index in [1.807, 2.05) is 5.32 Å². The molecule has 0 spiro atoms. The first-order valence-corrected chi connectivity index (χ1v) is 5.66. The molecule has 4 N–H and O–H groups in total. The van der Waals surface area contributed by atoms with Gasteiger partial charge in [0.15, 0.2) is 0 Å². The van der Waals surface area contributed by atoms with Gasteiger partial charge in [-0.3, -0.25) is 10.1 Å². The highest BCUT2D eigenvalue weighted by molar-refractivity contribution is 5.93. The monoisotopic (exact) mass is 254 g/mol. The molecule has 1 aromatic rings. The smallest absolute Gasteiger partial charge is 0.318 e. The van der Waals surface area contributed by atoms with Gasteiger partial charge in [-0.05, 0) is 12.5 Å². The zero-order valence-corrected chi connectivity index (χ0v) is 10.5. The van der Waals surface area contributed by atoms with Gasteiger partial charge < -0.3 is 11.1 Å². The van der Waals surface area contributed by atoms with Crippen molar-refractivity contribution >= 4 is 11.9 Å². The Morgan fingerprint density at radius 3 is 2.83 bits per heavy atom. The fourth-order valence-electron chi connectivity index (χ4n) is 1.31. The van der Waals surface area contributed by atoms with Crippen molar-refractivity contribution in [2.75, 3.05) is 6.54 Å². The van der Waals surface area contributed by atoms with E-state index in [9.17, 15) is 9.59 Å². The molecular formula is C10H18N6O2. The first-order valence-electron chi connectivity index (χ1n) is 5.66. The number of nitrogens with zero attached hydrogens (tertiary/aromatic N) is 3. The van der Waals surface area contributed by atoms with Crippen LogP contribution in [-0.4, -0.2) is 33.5 Å². The molecule has 1 aromatic heterocycles. The van der Waals surface area contributed by atoms with Crippen LogP contribution in [0.25, 0.3) is 0 Å². The molecule has 0 aliphatic heterocycles. The Hall–Kier alpha value is -1.96. The Balaban J connectivity index is 2.38. The molecule has 0 aliphatic carbocycles. The minimum atomic E-state index is -0.876. The molecule has 1 rings (SSSR count). The number of nitrogens with one attached hydrogen (secondary N) is 2. The van der Waals surface area contributed by atoms with Crippen LogP contribution in [0.3, 0.4) is 0 Å². The van der Waals surface area contributed by atoms with Crippen molar-refractivity contribution in [3.63, 3.8) is 0 Å². The lowest BCUT2D eigenvalue weighted by Crippen LogP contribution is -2.37. The lowest BCUT2D eigenvalue weighted by molar-refractivity contribution is -0.120. The second kappa shape index (κ2) is 6.70. The van der Waals surface area contributed by atoms with Crippen molar-refractivity contribution in [3.8, 4) is 0 Å². The fourth-order valence-corrected chi connectivity index (χ4v) is 1.31. The summed E-state index contributed by atoms with van der Waals surface area (Å²) < 4.78 is 1.35. The van der Waals surface area contributed by atoms with E-state index in [1.165, 1.54) is 4.68 Å². The molecule has 0 saturated heterocycles. The summed E-state index contributed by atoms with van der Waals surface area (Å²) in [5.41, 5.74) is 5.56. The van der Waals surface area contributed by atoms with Gasteiger partial charge in [0.1, 0.15) is 6.54 Å². The van der Waals surface area contributed by atoms with Gasteiger partial charge >= 0.3 is 6.03 Å². The van der Waals surface area contributed by atoms with Crippen LogP contribution in [0.2, 0.25) is 0 Å². The number of amides is 3. The maximum absolute atomic E-state index is 11.2. The van der Waals surface area contributed by atoms with E-state index in [1.54, 1.807) is 6.20 Å². The predicted octanol–water partition coefficient (Wildman–Crippen LogP) is -0.781. The Morgan fingerprint density at radius 1 is 1.50 bits per heavy atom. The largest absolute Gasteiger partial charge is 0.351 e. The Morgan fingerprint density at radius 2 is 2.22 bits per heavy atom. The average molecular weight is 254 g/mol. The van der Waals surface area contributed by atoms with Crippen LogP contribution >= 0.6 is 0 Å². The molecule has 1 heterocycles. The van der Waals surface area contributed by atoms with E-state index < -0.39 is 11.9 Å². The van der Waals surface area contributed by atoms with E-state index >= 15 is 0 Å². The molecule has 0 bridgehead atoms. The van der Waals surface area contributed by atoms with Gasteiger partial charge in [-0.25, -0.2) is 9.48 Å². The number of primary amides is 1. The van der Waals surface area contributed by atoms with E-state index in [0.29, 0.717) is 12.5 Å². The summed E-state index contributed by atoms with van der Waals surface area (Å²) in [6.45, 7) is 5.61. The normalized spacial score (nSPS) is 10.6. The zero-order chi connectivity index (χ0) is 13.5. The number of rotatable bonds is 6. The first-order chi connectivity index (χ1) is 8.47. The van der Waals surface area contributed by atoms with Crippen molar-refractivity contribution in [2.24, 2.45) is 11.7 Å². The fraction of sp³-hybridized carbons (Fsp3) is 0.600. The van der Waals surface area contributed by atoms with Crippen molar-refractivity contribution < 1.29 is 9.59 Å². The first kappa shape index (κ1) is 14.1. The molecule has 3 amide bonds. The minimum absolute atomic E-state index is 0.0832. The van der Waals surface area contributed by atoms with Crippen LogP contribution in [0.15, 0.2) is 6.20 Å². The molecule has 0 aromatic carbocycles. The lowest BCUT2D eigenvalue weighted by Gasteiger charge is -2.04. The summed E-state index contributed by atoms with van der Waals surface area (Å²) in [6.07, 6.45) is 1.65. The van der Waals surface area contributed by atoms with Crippen molar-refractivity contribution in [1.82, 2.24) is 25.6 Å². The molecule has 0 saturated carbocycles. The topological polar surface area (TPSA) is 115 Å². The maximum Gasteiger partial charge on any atom is 0.318 e. The van der Waals surface area contributed by atoms with Crippen LogP contribution in [0.5, 0.6) is 0 Å². The highest BCUT2D eigenvalue weighted by Crippen LogP contribution is 1.94. The second-order valence-electron chi connectivity index (χ2n) is 4.34. The maximum atomic E-state index is 11.2.